The van der Waals surface area contributed by atoms with Crippen molar-refractivity contribution in [1.29, 1.82) is 0 Å². The zero-order chi connectivity index (χ0) is 25.5. The highest BCUT2D eigenvalue weighted by Crippen LogP contribution is 2.42. The van der Waals surface area contributed by atoms with Gasteiger partial charge in [-0.1, -0.05) is 18.5 Å². The highest BCUT2D eigenvalue weighted by atomic mass is 35.5. The van der Waals surface area contributed by atoms with E-state index in [4.69, 9.17) is 21.4 Å². The molecule has 0 radical (unpaired) electrons. The molecule has 3 heterocycles. The predicted octanol–water partition coefficient (Wildman–Crippen LogP) is 4.75. The van der Waals surface area contributed by atoms with Crippen LogP contribution in [-0.4, -0.2) is 49.8 Å². The molecule has 2 atom stereocenters. The summed E-state index contributed by atoms with van der Waals surface area (Å²) in [5, 5.41) is 22.8. The average Bonchev–Trinajstić information content (AvgIpc) is 3.44. The number of hydrogen-bond acceptors (Lipinski definition) is 5. The third kappa shape index (κ3) is 4.58. The Morgan fingerprint density at radius 2 is 2.00 bits per heavy atom. The number of aliphatic hydroxyl groups excluding tert-OH is 2. The van der Waals surface area contributed by atoms with Gasteiger partial charge in [0.1, 0.15) is 17.2 Å². The van der Waals surface area contributed by atoms with Crippen molar-refractivity contribution in [3.05, 3.63) is 64.5 Å². The second-order valence-corrected chi connectivity index (χ2v) is 8.36. The number of rotatable bonds is 7. The van der Waals surface area contributed by atoms with Crippen molar-refractivity contribution in [3.63, 3.8) is 0 Å². The number of aliphatic hydroxyl groups is 2. The second-order valence-electron chi connectivity index (χ2n) is 7.99. The predicted molar refractivity (Wildman–Crippen MR) is 121 cm³/mol. The molecule has 12 heteroatoms. The number of benzene rings is 1. The van der Waals surface area contributed by atoms with E-state index in [1.807, 2.05) is 0 Å². The van der Waals surface area contributed by atoms with Crippen molar-refractivity contribution in [2.24, 2.45) is 0 Å². The number of aromatic nitrogens is 4. The number of pyridine rings is 1. The van der Waals surface area contributed by atoms with Crippen molar-refractivity contribution >= 4 is 22.6 Å². The number of hydrogen-bond donors (Lipinski definition) is 3. The van der Waals surface area contributed by atoms with Gasteiger partial charge in [-0.15, -0.1) is 0 Å². The molecule has 0 aliphatic carbocycles. The van der Waals surface area contributed by atoms with E-state index in [1.165, 1.54) is 31.5 Å². The zero-order valence-corrected chi connectivity index (χ0v) is 19.3. The van der Waals surface area contributed by atoms with Crippen LogP contribution < -0.4 is 4.74 Å². The number of nitrogens with zero attached hydrogens (tertiary/aromatic N) is 3. The first-order chi connectivity index (χ1) is 16.6. The van der Waals surface area contributed by atoms with Crippen molar-refractivity contribution in [1.82, 2.24) is 19.7 Å². The Bertz CT molecular complexity index is 1370. The van der Waals surface area contributed by atoms with Crippen molar-refractivity contribution in [2.45, 2.75) is 31.7 Å². The number of nitrogens with one attached hydrogen (secondary N) is 1. The van der Waals surface area contributed by atoms with E-state index in [1.54, 1.807) is 13.1 Å². The standard InChI is InChI=1S/C23H21ClF4N4O3/c1-11(19-18(35-2)4-3-17(25)20(19)24)15-7-30-22-14(15)5-12(6-29-22)16-8-31-32(9-13(34)10-33)21(16)23(26,27)28/h3-8,11,13,33-34H,9-10H2,1-2H3,(H,29,30)/t11-,13+/m0/s1. The van der Waals surface area contributed by atoms with Gasteiger partial charge in [-0.2, -0.15) is 18.3 Å². The molecule has 0 fully saturated rings. The van der Waals surface area contributed by atoms with Gasteiger partial charge in [0.15, 0.2) is 5.69 Å². The second kappa shape index (κ2) is 9.48. The number of H-pyrrole nitrogens is 1. The van der Waals surface area contributed by atoms with E-state index in [0.29, 0.717) is 32.6 Å². The number of halogens is 5. The van der Waals surface area contributed by atoms with Gasteiger partial charge in [0.25, 0.3) is 0 Å². The summed E-state index contributed by atoms with van der Waals surface area (Å²) in [4.78, 5) is 7.24. The average molecular weight is 513 g/mol. The molecule has 35 heavy (non-hydrogen) atoms. The van der Waals surface area contributed by atoms with Gasteiger partial charge in [0.05, 0.1) is 37.6 Å². The molecule has 0 unspecified atom stereocenters. The van der Waals surface area contributed by atoms with Gasteiger partial charge in [-0.05, 0) is 23.8 Å². The van der Waals surface area contributed by atoms with Crippen LogP contribution in [0.4, 0.5) is 17.6 Å². The Labute approximate surface area is 201 Å². The molecular weight excluding hydrogens is 492 g/mol. The van der Waals surface area contributed by atoms with Gasteiger partial charge >= 0.3 is 6.18 Å². The first-order valence-electron chi connectivity index (χ1n) is 10.5. The topological polar surface area (TPSA) is 96.2 Å². The molecule has 3 N–H and O–H groups in total. The molecule has 186 valence electrons. The summed E-state index contributed by atoms with van der Waals surface area (Å²) in [6.45, 7) is 0.524. The fraction of sp³-hybridized carbons (Fsp3) is 0.304. The minimum Gasteiger partial charge on any atom is -0.496 e. The summed E-state index contributed by atoms with van der Waals surface area (Å²) in [6, 6.07) is 4.18. The lowest BCUT2D eigenvalue weighted by atomic mass is 9.91. The monoisotopic (exact) mass is 512 g/mol. The van der Waals surface area contributed by atoms with E-state index in [2.05, 4.69) is 15.1 Å². The minimum absolute atomic E-state index is 0.113. The molecule has 4 aromatic rings. The van der Waals surface area contributed by atoms with Crippen LogP contribution in [-0.2, 0) is 12.7 Å². The molecule has 1 aromatic carbocycles. The third-order valence-electron chi connectivity index (χ3n) is 5.79. The lowest BCUT2D eigenvalue weighted by Gasteiger charge is -2.18. The molecule has 0 aliphatic rings. The zero-order valence-electron chi connectivity index (χ0n) is 18.6. The molecule has 0 amide bonds. The molecule has 0 aliphatic heterocycles. The summed E-state index contributed by atoms with van der Waals surface area (Å²) in [6.07, 6.45) is -2.24. The minimum atomic E-state index is -4.79. The van der Waals surface area contributed by atoms with E-state index in [9.17, 15) is 22.7 Å². The molecule has 0 saturated carbocycles. The Morgan fingerprint density at radius 1 is 1.26 bits per heavy atom. The molecule has 3 aromatic heterocycles. The Kier molecular flexibility index (Phi) is 6.76. The summed E-state index contributed by atoms with van der Waals surface area (Å²) in [5.74, 6) is -0.755. The maximum atomic E-state index is 14.2. The van der Waals surface area contributed by atoms with Gasteiger partial charge in [0.2, 0.25) is 0 Å². The van der Waals surface area contributed by atoms with Crippen molar-refractivity contribution in [3.8, 4) is 16.9 Å². The Morgan fingerprint density at radius 3 is 2.66 bits per heavy atom. The smallest absolute Gasteiger partial charge is 0.433 e. The maximum absolute atomic E-state index is 14.2. The lowest BCUT2D eigenvalue weighted by Crippen LogP contribution is -2.25. The summed E-state index contributed by atoms with van der Waals surface area (Å²) >= 11 is 6.24. The van der Waals surface area contributed by atoms with E-state index in [-0.39, 0.29) is 16.1 Å². The van der Waals surface area contributed by atoms with Gasteiger partial charge < -0.3 is 19.9 Å². The summed E-state index contributed by atoms with van der Waals surface area (Å²) < 4.78 is 62.0. The quantitative estimate of drug-likeness (QED) is 0.311. The van der Waals surface area contributed by atoms with Crippen LogP contribution in [0.25, 0.3) is 22.2 Å². The van der Waals surface area contributed by atoms with Crippen LogP contribution in [0.15, 0.2) is 36.8 Å². The molecule has 0 spiro atoms. The van der Waals surface area contributed by atoms with Gasteiger partial charge in [-0.3, -0.25) is 4.68 Å². The van der Waals surface area contributed by atoms with E-state index < -0.39 is 42.9 Å². The first-order valence-corrected chi connectivity index (χ1v) is 10.9. The highest BCUT2D eigenvalue weighted by Gasteiger charge is 2.39. The molecule has 7 nitrogen and oxygen atoms in total. The van der Waals surface area contributed by atoms with Crippen LogP contribution in [0.2, 0.25) is 5.02 Å². The number of fused-ring (bicyclic) bond motifs is 1. The Balaban J connectivity index is 1.85. The lowest BCUT2D eigenvalue weighted by molar-refractivity contribution is -0.144. The Hall–Kier alpha value is -3.15. The summed E-state index contributed by atoms with van der Waals surface area (Å²) in [7, 11) is 1.43. The normalized spacial score (nSPS) is 13.9. The van der Waals surface area contributed by atoms with Crippen LogP contribution in [0.5, 0.6) is 5.75 Å². The number of aromatic amines is 1. The van der Waals surface area contributed by atoms with E-state index >= 15 is 0 Å². The maximum Gasteiger partial charge on any atom is 0.433 e. The highest BCUT2D eigenvalue weighted by molar-refractivity contribution is 6.31. The first kappa shape index (κ1) is 25.0. The molecular formula is C23H21ClF4N4O3. The fourth-order valence-electron chi connectivity index (χ4n) is 4.11. The largest absolute Gasteiger partial charge is 0.496 e. The van der Waals surface area contributed by atoms with Crippen LogP contribution >= 0.6 is 11.6 Å². The number of ether oxygens (including phenoxy) is 1. The third-order valence-corrected chi connectivity index (χ3v) is 6.17. The van der Waals surface area contributed by atoms with Crippen molar-refractivity contribution in [2.75, 3.05) is 13.7 Å². The van der Waals surface area contributed by atoms with Crippen LogP contribution in [0.3, 0.4) is 0 Å². The molecule has 0 bridgehead atoms. The molecule has 0 saturated heterocycles. The number of methoxy groups -OCH3 is 1. The van der Waals surface area contributed by atoms with Gasteiger partial charge in [0, 0.05) is 40.4 Å². The number of alkyl halides is 3. The summed E-state index contributed by atoms with van der Waals surface area (Å²) in [5.41, 5.74) is 0.252. The van der Waals surface area contributed by atoms with Crippen LogP contribution in [0.1, 0.15) is 29.7 Å². The van der Waals surface area contributed by atoms with Crippen molar-refractivity contribution < 1.29 is 32.5 Å². The molecule has 4 rings (SSSR count). The SMILES string of the molecule is COc1ccc(F)c(Cl)c1[C@@H](C)c1c[nH]c2ncc(-c3cnn(C[C@@H](O)CO)c3C(F)(F)F)cc12. The fourth-order valence-corrected chi connectivity index (χ4v) is 4.43. The van der Waals surface area contributed by atoms with Gasteiger partial charge in [-0.25, -0.2) is 9.37 Å². The van der Waals surface area contributed by atoms with E-state index in [0.717, 1.165) is 6.20 Å². The van der Waals surface area contributed by atoms with Crippen LogP contribution in [0, 0.1) is 5.82 Å².